The topological polar surface area (TPSA) is 45.0 Å². The van der Waals surface area contributed by atoms with E-state index in [4.69, 9.17) is 10.00 Å². The third kappa shape index (κ3) is 2.50. The van der Waals surface area contributed by atoms with Crippen molar-refractivity contribution in [2.45, 2.75) is 38.6 Å². The van der Waals surface area contributed by atoms with Crippen molar-refractivity contribution in [3.63, 3.8) is 0 Å². The third-order valence-corrected chi connectivity index (χ3v) is 3.62. The molecule has 2 aliphatic rings. The van der Waals surface area contributed by atoms with Crippen molar-refractivity contribution in [2.24, 2.45) is 11.3 Å². The quantitative estimate of drug-likeness (QED) is 0.767. The molecule has 0 amide bonds. The zero-order chi connectivity index (χ0) is 10.7. The molecule has 0 spiro atoms. The first-order chi connectivity index (χ1) is 7.23. The largest absolute Gasteiger partial charge is 0.380 e. The van der Waals surface area contributed by atoms with E-state index in [-0.39, 0.29) is 5.92 Å². The van der Waals surface area contributed by atoms with Crippen LogP contribution in [-0.4, -0.2) is 25.8 Å². The Bertz CT molecular complexity index is 255. The highest BCUT2D eigenvalue weighted by Crippen LogP contribution is 2.28. The zero-order valence-corrected chi connectivity index (χ0v) is 9.46. The van der Waals surface area contributed by atoms with E-state index in [2.05, 4.69) is 18.3 Å². The van der Waals surface area contributed by atoms with Gasteiger partial charge in [0.2, 0.25) is 0 Å². The molecular formula is C12H20N2O. The summed E-state index contributed by atoms with van der Waals surface area (Å²) in [7, 11) is 0. The molecule has 1 N–H and O–H groups in total. The summed E-state index contributed by atoms with van der Waals surface area (Å²) in [4.78, 5) is 0. The molecule has 1 saturated carbocycles. The number of nitrogens with one attached hydrogen (secondary N) is 1. The van der Waals surface area contributed by atoms with Crippen LogP contribution in [0.5, 0.6) is 0 Å². The van der Waals surface area contributed by atoms with Gasteiger partial charge in [-0.15, -0.1) is 0 Å². The van der Waals surface area contributed by atoms with Crippen molar-refractivity contribution in [1.82, 2.24) is 5.32 Å². The fourth-order valence-electron chi connectivity index (χ4n) is 2.46. The summed E-state index contributed by atoms with van der Waals surface area (Å²) in [5, 5.41) is 12.6. The molecule has 3 nitrogen and oxygen atoms in total. The van der Waals surface area contributed by atoms with Crippen molar-refractivity contribution in [3.8, 4) is 6.07 Å². The molecule has 2 atom stereocenters. The lowest BCUT2D eigenvalue weighted by molar-refractivity contribution is -0.101. The number of nitriles is 1. The van der Waals surface area contributed by atoms with Gasteiger partial charge < -0.3 is 10.1 Å². The number of nitrogens with zero attached hydrogens (tertiary/aromatic N) is 1. The molecule has 2 unspecified atom stereocenters. The van der Waals surface area contributed by atoms with Gasteiger partial charge in [0, 0.05) is 18.0 Å². The Labute approximate surface area is 91.8 Å². The van der Waals surface area contributed by atoms with Crippen LogP contribution in [0.3, 0.4) is 0 Å². The Balaban J connectivity index is 1.79. The van der Waals surface area contributed by atoms with Gasteiger partial charge in [-0.25, -0.2) is 0 Å². The van der Waals surface area contributed by atoms with Gasteiger partial charge in [0.25, 0.3) is 0 Å². The van der Waals surface area contributed by atoms with E-state index >= 15 is 0 Å². The van der Waals surface area contributed by atoms with Crippen LogP contribution >= 0.6 is 0 Å². The molecule has 0 aromatic heterocycles. The van der Waals surface area contributed by atoms with Crippen molar-refractivity contribution < 1.29 is 4.74 Å². The van der Waals surface area contributed by atoms with Crippen LogP contribution < -0.4 is 5.32 Å². The van der Waals surface area contributed by atoms with E-state index in [1.165, 1.54) is 12.8 Å². The first kappa shape index (κ1) is 10.9. The summed E-state index contributed by atoms with van der Waals surface area (Å²) >= 11 is 0. The number of hydrogen-bond donors (Lipinski definition) is 1. The van der Waals surface area contributed by atoms with Crippen LogP contribution in [0, 0.1) is 22.7 Å². The molecule has 0 bridgehead atoms. The average Bonchev–Trinajstić information content (AvgIpc) is 2.24. The molecule has 1 aliphatic heterocycles. The second kappa shape index (κ2) is 4.51. The van der Waals surface area contributed by atoms with Crippen molar-refractivity contribution in [3.05, 3.63) is 0 Å². The van der Waals surface area contributed by atoms with Crippen LogP contribution in [0.15, 0.2) is 0 Å². The summed E-state index contributed by atoms with van der Waals surface area (Å²) < 4.78 is 5.23. The van der Waals surface area contributed by atoms with Crippen molar-refractivity contribution in [2.75, 3.05) is 19.8 Å². The monoisotopic (exact) mass is 208 g/mol. The molecule has 2 rings (SSSR count). The van der Waals surface area contributed by atoms with Gasteiger partial charge in [0.15, 0.2) is 0 Å². The summed E-state index contributed by atoms with van der Waals surface area (Å²) in [6.45, 7) is 4.97. The zero-order valence-electron chi connectivity index (χ0n) is 9.46. The van der Waals surface area contributed by atoms with E-state index in [0.29, 0.717) is 11.5 Å². The molecule has 0 aromatic carbocycles. The lowest BCUT2D eigenvalue weighted by Gasteiger charge is -2.40. The third-order valence-electron chi connectivity index (χ3n) is 3.62. The van der Waals surface area contributed by atoms with Gasteiger partial charge in [-0.2, -0.15) is 5.26 Å². The minimum atomic E-state index is 0.225. The molecule has 2 fully saturated rings. The van der Waals surface area contributed by atoms with Gasteiger partial charge in [0.1, 0.15) is 0 Å². The fraction of sp³-hybridized carbons (Fsp3) is 0.917. The number of ether oxygens (including phenoxy) is 1. The first-order valence-corrected chi connectivity index (χ1v) is 5.94. The van der Waals surface area contributed by atoms with E-state index in [1.807, 2.05) is 0 Å². The number of hydrogen-bond acceptors (Lipinski definition) is 3. The van der Waals surface area contributed by atoms with Crippen LogP contribution in [-0.2, 0) is 4.74 Å². The SMILES string of the molecule is CC1(CNC2CCCCC2C#N)COC1. The average molecular weight is 208 g/mol. The molecule has 1 aliphatic carbocycles. The van der Waals surface area contributed by atoms with E-state index in [1.54, 1.807) is 0 Å². The van der Waals surface area contributed by atoms with Gasteiger partial charge in [-0.3, -0.25) is 0 Å². The Morgan fingerprint density at radius 1 is 1.40 bits per heavy atom. The Morgan fingerprint density at radius 3 is 2.73 bits per heavy atom. The molecule has 0 aromatic rings. The standard InChI is InChI=1S/C12H20N2O/c1-12(8-15-9-12)7-14-11-5-3-2-4-10(11)6-13/h10-11,14H,2-5,7-9H2,1H3. The van der Waals surface area contributed by atoms with Crippen LogP contribution in [0.2, 0.25) is 0 Å². The smallest absolute Gasteiger partial charge is 0.0672 e. The van der Waals surface area contributed by atoms with Gasteiger partial charge in [-0.1, -0.05) is 19.8 Å². The Morgan fingerprint density at radius 2 is 2.13 bits per heavy atom. The summed E-state index contributed by atoms with van der Waals surface area (Å²) in [6.07, 6.45) is 4.72. The Hall–Kier alpha value is -0.590. The van der Waals surface area contributed by atoms with E-state index in [9.17, 15) is 0 Å². The van der Waals surface area contributed by atoms with Crippen LogP contribution in [0.1, 0.15) is 32.6 Å². The predicted molar refractivity (Wildman–Crippen MR) is 58.3 cm³/mol. The van der Waals surface area contributed by atoms with E-state index in [0.717, 1.165) is 32.6 Å². The van der Waals surface area contributed by atoms with Gasteiger partial charge in [0.05, 0.1) is 25.2 Å². The van der Waals surface area contributed by atoms with Crippen molar-refractivity contribution >= 4 is 0 Å². The summed E-state index contributed by atoms with van der Waals surface area (Å²) in [6, 6.07) is 2.85. The molecule has 0 radical (unpaired) electrons. The van der Waals surface area contributed by atoms with Gasteiger partial charge >= 0.3 is 0 Å². The van der Waals surface area contributed by atoms with Crippen LogP contribution in [0.4, 0.5) is 0 Å². The molecule has 1 heterocycles. The Kier molecular flexibility index (Phi) is 3.28. The van der Waals surface area contributed by atoms with Gasteiger partial charge in [-0.05, 0) is 12.8 Å². The molecular weight excluding hydrogens is 188 g/mol. The molecule has 15 heavy (non-hydrogen) atoms. The highest BCUT2D eigenvalue weighted by molar-refractivity contribution is 4.96. The fourth-order valence-corrected chi connectivity index (χ4v) is 2.46. The lowest BCUT2D eigenvalue weighted by Crippen LogP contribution is -2.51. The lowest BCUT2D eigenvalue weighted by atomic mass is 9.83. The maximum Gasteiger partial charge on any atom is 0.0672 e. The highest BCUT2D eigenvalue weighted by Gasteiger charge is 2.35. The van der Waals surface area contributed by atoms with Crippen LogP contribution in [0.25, 0.3) is 0 Å². The predicted octanol–water partition coefficient (Wildman–Crippen LogP) is 1.69. The van der Waals surface area contributed by atoms with Crippen molar-refractivity contribution in [1.29, 1.82) is 5.26 Å². The minimum absolute atomic E-state index is 0.225. The molecule has 84 valence electrons. The first-order valence-electron chi connectivity index (χ1n) is 5.94. The second-order valence-electron chi connectivity index (χ2n) is 5.31. The minimum Gasteiger partial charge on any atom is -0.380 e. The molecule has 1 saturated heterocycles. The maximum absolute atomic E-state index is 9.05. The number of rotatable bonds is 3. The van der Waals surface area contributed by atoms with E-state index < -0.39 is 0 Å². The highest BCUT2D eigenvalue weighted by atomic mass is 16.5. The maximum atomic E-state index is 9.05. The second-order valence-corrected chi connectivity index (χ2v) is 5.31. The normalized spacial score (nSPS) is 34.1. The molecule has 3 heteroatoms. The summed E-state index contributed by atoms with van der Waals surface area (Å²) in [5.41, 5.74) is 0.317. The summed E-state index contributed by atoms with van der Waals surface area (Å²) in [5.74, 6) is 0.225.